The van der Waals surface area contributed by atoms with Gasteiger partial charge in [-0.25, -0.2) is 10.9 Å². The molecule has 1 aromatic rings. The Morgan fingerprint density at radius 1 is 1.29 bits per heavy atom. The van der Waals surface area contributed by atoms with Gasteiger partial charge in [-0.05, 0) is 11.6 Å². The molecule has 1 amide bonds. The summed E-state index contributed by atoms with van der Waals surface area (Å²) < 4.78 is 0.384. The summed E-state index contributed by atoms with van der Waals surface area (Å²) in [6.45, 7) is 0. The van der Waals surface area contributed by atoms with E-state index in [9.17, 15) is 4.79 Å². The lowest BCUT2D eigenvalue weighted by Gasteiger charge is -2.02. The highest BCUT2D eigenvalue weighted by molar-refractivity contribution is 8.26. The number of hydrogen-bond acceptors (Lipinski definition) is 4. The molecule has 1 heterocycles. The summed E-state index contributed by atoms with van der Waals surface area (Å²) in [6.07, 6.45) is 5.46. The minimum Gasteiger partial charge on any atom is -0.267 e. The molecule has 1 aromatic carbocycles. The van der Waals surface area contributed by atoms with E-state index in [1.54, 1.807) is 6.08 Å². The first-order valence-electron chi connectivity index (χ1n) is 4.93. The van der Waals surface area contributed by atoms with E-state index in [-0.39, 0.29) is 5.91 Å². The van der Waals surface area contributed by atoms with Crippen molar-refractivity contribution in [1.29, 1.82) is 0 Å². The van der Waals surface area contributed by atoms with Gasteiger partial charge in [-0.15, -0.1) is 0 Å². The number of carbonyl (C=O) groups excluding carboxylic acids is 1. The van der Waals surface area contributed by atoms with Gasteiger partial charge in [0.15, 0.2) is 4.32 Å². The summed E-state index contributed by atoms with van der Waals surface area (Å²) in [6, 6.07) is 9.84. The molecule has 0 bridgehead atoms. The van der Waals surface area contributed by atoms with Gasteiger partial charge in [-0.3, -0.25) is 4.79 Å². The van der Waals surface area contributed by atoms with Gasteiger partial charge in [-0.2, -0.15) is 0 Å². The first-order valence-corrected chi connectivity index (χ1v) is 6.15. The van der Waals surface area contributed by atoms with Crippen LogP contribution in [0, 0.1) is 0 Å². The Kier molecular flexibility index (Phi) is 3.73. The van der Waals surface area contributed by atoms with Crippen molar-refractivity contribution in [3.63, 3.8) is 0 Å². The number of benzene rings is 1. The van der Waals surface area contributed by atoms with Crippen molar-refractivity contribution in [2.45, 2.75) is 0 Å². The fraction of sp³-hybridized carbons (Fsp3) is 0. The van der Waals surface area contributed by atoms with Gasteiger partial charge in [0, 0.05) is 0 Å². The lowest BCUT2D eigenvalue weighted by molar-refractivity contribution is -0.122. The predicted octanol–water partition coefficient (Wildman–Crippen LogP) is 2.32. The molecule has 1 aliphatic heterocycles. The van der Waals surface area contributed by atoms with Crippen LogP contribution in [0.1, 0.15) is 5.56 Å². The van der Waals surface area contributed by atoms with E-state index in [0.717, 1.165) is 10.6 Å². The molecule has 0 atom stereocenters. The molecule has 0 aromatic heterocycles. The predicted molar refractivity (Wildman–Crippen MR) is 74.8 cm³/mol. The second-order valence-corrected chi connectivity index (χ2v) is 5.02. The maximum Gasteiger partial charge on any atom is 0.280 e. The maximum atomic E-state index is 11.5. The molecular weight excluding hydrogens is 252 g/mol. The zero-order valence-electron chi connectivity index (χ0n) is 8.87. The van der Waals surface area contributed by atoms with Crippen molar-refractivity contribution < 1.29 is 4.79 Å². The van der Waals surface area contributed by atoms with Crippen molar-refractivity contribution in [3.8, 4) is 0 Å². The van der Waals surface area contributed by atoms with E-state index in [2.05, 4.69) is 0 Å². The fourth-order valence-electron chi connectivity index (χ4n) is 1.30. The molecule has 0 unspecified atom stereocenters. The molecule has 0 radical (unpaired) electrons. The summed E-state index contributed by atoms with van der Waals surface area (Å²) in [7, 11) is 0. The summed E-state index contributed by atoms with van der Waals surface area (Å²) >= 11 is 6.13. The van der Waals surface area contributed by atoms with Crippen molar-refractivity contribution in [2.75, 3.05) is 0 Å². The van der Waals surface area contributed by atoms with Crippen LogP contribution in [0.5, 0.6) is 0 Å². The van der Waals surface area contributed by atoms with E-state index in [1.165, 1.54) is 11.8 Å². The molecule has 1 aliphatic rings. The second kappa shape index (κ2) is 5.27. The third kappa shape index (κ3) is 2.82. The number of carbonyl (C=O) groups is 1. The number of nitrogens with zero attached hydrogens (tertiary/aromatic N) is 1. The molecule has 17 heavy (non-hydrogen) atoms. The molecule has 2 N–H and O–H groups in total. The molecule has 3 nitrogen and oxygen atoms in total. The van der Waals surface area contributed by atoms with Crippen LogP contribution in [0.25, 0.3) is 6.08 Å². The summed E-state index contributed by atoms with van der Waals surface area (Å²) in [4.78, 5) is 12.1. The van der Waals surface area contributed by atoms with Crippen LogP contribution in [0.3, 0.4) is 0 Å². The summed E-state index contributed by atoms with van der Waals surface area (Å²) in [5.41, 5.74) is 1.08. The van der Waals surface area contributed by atoms with Crippen molar-refractivity contribution >= 4 is 40.3 Å². The van der Waals surface area contributed by atoms with Crippen LogP contribution in [0.15, 0.2) is 47.4 Å². The van der Waals surface area contributed by atoms with Crippen molar-refractivity contribution in [2.24, 2.45) is 5.84 Å². The number of hydrazine groups is 1. The summed E-state index contributed by atoms with van der Waals surface area (Å²) in [5.74, 6) is 5.20. The number of allylic oxidation sites excluding steroid dienone is 2. The number of hydrogen-bond donors (Lipinski definition) is 1. The number of thiocarbonyl (C=S) groups is 1. The van der Waals surface area contributed by atoms with Gasteiger partial charge in [0.2, 0.25) is 0 Å². The average Bonchev–Trinajstić information content (AvgIpc) is 2.59. The molecule has 0 saturated carbocycles. The Bertz CT molecular complexity index is 508. The normalized spacial score (nSPS) is 18.6. The van der Waals surface area contributed by atoms with Crippen molar-refractivity contribution in [1.82, 2.24) is 5.01 Å². The molecule has 0 aliphatic carbocycles. The quantitative estimate of drug-likeness (QED) is 0.384. The second-order valence-electron chi connectivity index (χ2n) is 3.34. The van der Waals surface area contributed by atoms with E-state index >= 15 is 0 Å². The first kappa shape index (κ1) is 12.0. The van der Waals surface area contributed by atoms with Crippen LogP contribution in [-0.4, -0.2) is 15.2 Å². The zero-order chi connectivity index (χ0) is 12.3. The van der Waals surface area contributed by atoms with E-state index in [1.807, 2.05) is 42.5 Å². The molecule has 0 spiro atoms. The third-order valence-corrected chi connectivity index (χ3v) is 3.51. The molecule has 1 fully saturated rings. The number of thioether (sulfide) groups is 1. The van der Waals surface area contributed by atoms with E-state index in [0.29, 0.717) is 9.23 Å². The molecule has 1 saturated heterocycles. The van der Waals surface area contributed by atoms with Gasteiger partial charge >= 0.3 is 0 Å². The lowest BCUT2D eigenvalue weighted by Crippen LogP contribution is -2.34. The van der Waals surface area contributed by atoms with Gasteiger partial charge in [0.1, 0.15) is 0 Å². The lowest BCUT2D eigenvalue weighted by atomic mass is 10.2. The van der Waals surface area contributed by atoms with Crippen LogP contribution < -0.4 is 5.84 Å². The highest BCUT2D eigenvalue weighted by Crippen LogP contribution is 2.28. The van der Waals surface area contributed by atoms with Gasteiger partial charge in [0.25, 0.3) is 5.91 Å². The first-order chi connectivity index (χ1) is 8.18. The third-order valence-electron chi connectivity index (χ3n) is 2.16. The van der Waals surface area contributed by atoms with Gasteiger partial charge in [-0.1, -0.05) is 66.5 Å². The minimum absolute atomic E-state index is 0.252. The fourth-order valence-corrected chi connectivity index (χ4v) is 2.36. The molecular formula is C12H10N2OS2. The van der Waals surface area contributed by atoms with E-state index < -0.39 is 0 Å². The topological polar surface area (TPSA) is 46.3 Å². The Labute approximate surface area is 109 Å². The van der Waals surface area contributed by atoms with Crippen molar-refractivity contribution in [3.05, 3.63) is 53.0 Å². The monoisotopic (exact) mass is 262 g/mol. The zero-order valence-corrected chi connectivity index (χ0v) is 10.5. The SMILES string of the molecule is NN1C(=O)/C(=C\C=C\c2ccccc2)SC1=S. The number of rotatable bonds is 2. The molecule has 2 rings (SSSR count). The Morgan fingerprint density at radius 3 is 2.59 bits per heavy atom. The standard InChI is InChI=1S/C12H10N2OS2/c13-14-11(15)10(17-12(14)16)8-4-7-9-5-2-1-3-6-9/h1-8H,13H2/b7-4+,10-8+. The highest BCUT2D eigenvalue weighted by Gasteiger charge is 2.28. The Balaban J connectivity index is 2.10. The molecule has 86 valence electrons. The van der Waals surface area contributed by atoms with Crippen LogP contribution in [0.4, 0.5) is 0 Å². The largest absolute Gasteiger partial charge is 0.280 e. The van der Waals surface area contributed by atoms with Crippen LogP contribution in [0.2, 0.25) is 0 Å². The smallest absolute Gasteiger partial charge is 0.267 e. The Morgan fingerprint density at radius 2 is 2.00 bits per heavy atom. The average molecular weight is 262 g/mol. The van der Waals surface area contributed by atoms with E-state index in [4.69, 9.17) is 18.1 Å². The van der Waals surface area contributed by atoms with Gasteiger partial charge < -0.3 is 0 Å². The van der Waals surface area contributed by atoms with Gasteiger partial charge in [0.05, 0.1) is 4.91 Å². The number of nitrogens with two attached hydrogens (primary N) is 1. The van der Waals surface area contributed by atoms with Crippen LogP contribution >= 0.6 is 24.0 Å². The van der Waals surface area contributed by atoms with Crippen LogP contribution in [-0.2, 0) is 4.79 Å². The minimum atomic E-state index is -0.252. The highest BCUT2D eigenvalue weighted by atomic mass is 32.2. The maximum absolute atomic E-state index is 11.5. The molecule has 5 heteroatoms. The Hall–Kier alpha value is -1.43. The summed E-state index contributed by atoms with van der Waals surface area (Å²) in [5, 5.41) is 0.988. The number of amides is 1.